The van der Waals surface area contributed by atoms with Gasteiger partial charge in [0.1, 0.15) is 0 Å². The van der Waals surface area contributed by atoms with Gasteiger partial charge in [-0.25, -0.2) is 0 Å². The van der Waals surface area contributed by atoms with Crippen LogP contribution in [0.25, 0.3) is 0 Å². The minimum Gasteiger partial charge on any atom is -0.279 e. The molecule has 0 saturated carbocycles. The minimum absolute atomic E-state index is 0.913. The van der Waals surface area contributed by atoms with E-state index in [9.17, 15) is 0 Å². The lowest BCUT2D eigenvalue weighted by Gasteiger charge is -2.00. The van der Waals surface area contributed by atoms with E-state index in [4.69, 9.17) is 0 Å². The molecule has 0 spiro atoms. The van der Waals surface area contributed by atoms with Crippen LogP contribution >= 0.6 is 0 Å². The van der Waals surface area contributed by atoms with Crippen LogP contribution in [0.3, 0.4) is 0 Å². The van der Waals surface area contributed by atoms with Gasteiger partial charge in [-0.15, -0.1) is 0 Å². The van der Waals surface area contributed by atoms with Crippen LogP contribution in [0.2, 0.25) is 0 Å². The maximum atomic E-state index is 4.14. The van der Waals surface area contributed by atoms with Gasteiger partial charge < -0.3 is 0 Å². The van der Waals surface area contributed by atoms with Crippen LogP contribution in [0, 0.1) is 0 Å². The van der Waals surface area contributed by atoms with Gasteiger partial charge in [-0.2, -0.15) is 5.10 Å². The predicted molar refractivity (Wildman–Crippen MR) is 104 cm³/mol. The molecule has 0 aromatic rings. The molecule has 0 radical (unpaired) electrons. The summed E-state index contributed by atoms with van der Waals surface area (Å²) >= 11 is 0. The van der Waals surface area contributed by atoms with E-state index in [0.29, 0.717) is 0 Å². The van der Waals surface area contributed by atoms with Crippen molar-refractivity contribution in [1.82, 2.24) is 5.43 Å². The zero-order valence-corrected chi connectivity index (χ0v) is 15.4. The summed E-state index contributed by atoms with van der Waals surface area (Å²) in [6.45, 7) is 21.0. The zero-order chi connectivity index (χ0) is 17.8. The SMILES string of the molecule is C=N\C=C/C(/C=N/NC(/C=C\C(=C)C)=C/C)=C\C.CC.CC. The lowest BCUT2D eigenvalue weighted by Crippen LogP contribution is -2.03. The summed E-state index contributed by atoms with van der Waals surface area (Å²) in [4.78, 5) is 3.65. The molecule has 0 bridgehead atoms. The Morgan fingerprint density at radius 2 is 1.55 bits per heavy atom. The Balaban J connectivity index is -0.000000826. The van der Waals surface area contributed by atoms with Gasteiger partial charge in [0.05, 0.1) is 11.9 Å². The normalized spacial score (nSPS) is 11.8. The van der Waals surface area contributed by atoms with Crippen LogP contribution in [0.4, 0.5) is 0 Å². The largest absolute Gasteiger partial charge is 0.279 e. The second kappa shape index (κ2) is 21.1. The van der Waals surface area contributed by atoms with Gasteiger partial charge in [-0.05, 0) is 45.2 Å². The van der Waals surface area contributed by atoms with Gasteiger partial charge in [0.2, 0.25) is 0 Å². The Morgan fingerprint density at radius 1 is 0.955 bits per heavy atom. The molecule has 0 fully saturated rings. The quantitative estimate of drug-likeness (QED) is 0.359. The van der Waals surface area contributed by atoms with Gasteiger partial charge >= 0.3 is 0 Å². The summed E-state index contributed by atoms with van der Waals surface area (Å²) in [7, 11) is 0. The first-order chi connectivity index (χ1) is 10.6. The van der Waals surface area contributed by atoms with Crippen LogP contribution in [0.1, 0.15) is 48.5 Å². The van der Waals surface area contributed by atoms with E-state index in [1.807, 2.05) is 78.8 Å². The van der Waals surface area contributed by atoms with Gasteiger partial charge in [-0.1, -0.05) is 58.1 Å². The van der Waals surface area contributed by atoms with Gasteiger partial charge in [0.25, 0.3) is 0 Å². The van der Waals surface area contributed by atoms with E-state index in [2.05, 4.69) is 28.8 Å². The van der Waals surface area contributed by atoms with Crippen molar-refractivity contribution in [2.45, 2.75) is 48.5 Å². The number of rotatable bonds is 7. The molecule has 22 heavy (non-hydrogen) atoms. The van der Waals surface area contributed by atoms with E-state index < -0.39 is 0 Å². The van der Waals surface area contributed by atoms with Crippen LogP contribution in [0.5, 0.6) is 0 Å². The molecule has 0 amide bonds. The van der Waals surface area contributed by atoms with Gasteiger partial charge in [0, 0.05) is 6.20 Å². The van der Waals surface area contributed by atoms with Crippen LogP contribution in [-0.4, -0.2) is 12.9 Å². The van der Waals surface area contributed by atoms with E-state index in [1.165, 1.54) is 0 Å². The highest BCUT2D eigenvalue weighted by Crippen LogP contribution is 1.97. The Labute approximate surface area is 137 Å². The van der Waals surface area contributed by atoms with E-state index in [1.54, 1.807) is 12.4 Å². The molecule has 3 nitrogen and oxygen atoms in total. The fraction of sp³-hybridized carbons (Fsp3) is 0.368. The van der Waals surface area contributed by atoms with Crippen LogP contribution in [-0.2, 0) is 0 Å². The summed E-state index contributed by atoms with van der Waals surface area (Å²) in [6.07, 6.45) is 12.9. The molecular formula is C19H33N3. The summed E-state index contributed by atoms with van der Waals surface area (Å²) in [5, 5.41) is 4.14. The molecule has 0 aliphatic rings. The molecular weight excluding hydrogens is 270 g/mol. The second-order valence-electron chi connectivity index (χ2n) is 3.58. The third kappa shape index (κ3) is 17.8. The van der Waals surface area contributed by atoms with Crippen molar-refractivity contribution in [3.05, 3.63) is 60.0 Å². The van der Waals surface area contributed by atoms with E-state index in [-0.39, 0.29) is 0 Å². The molecule has 0 atom stereocenters. The number of nitrogens with one attached hydrogen (secondary N) is 1. The van der Waals surface area contributed by atoms with Crippen molar-refractivity contribution in [2.24, 2.45) is 10.1 Å². The Kier molecular flexibility index (Phi) is 23.9. The number of allylic oxidation sites excluding steroid dienone is 7. The molecule has 0 aromatic heterocycles. The van der Waals surface area contributed by atoms with Gasteiger partial charge in [0.15, 0.2) is 0 Å². The molecule has 3 heteroatoms. The highest BCUT2D eigenvalue weighted by molar-refractivity contribution is 5.81. The third-order valence-corrected chi connectivity index (χ3v) is 1.97. The lowest BCUT2D eigenvalue weighted by atomic mass is 10.3. The molecule has 0 rings (SSSR count). The van der Waals surface area contributed by atoms with Crippen molar-refractivity contribution in [2.75, 3.05) is 0 Å². The fourth-order valence-electron chi connectivity index (χ4n) is 0.964. The van der Waals surface area contributed by atoms with E-state index >= 15 is 0 Å². The maximum absolute atomic E-state index is 4.14. The molecule has 0 aliphatic heterocycles. The number of hydrogen-bond donors (Lipinski definition) is 1. The topological polar surface area (TPSA) is 36.8 Å². The Hall–Kier alpha value is -2.16. The molecule has 0 unspecified atom stereocenters. The van der Waals surface area contributed by atoms with Crippen molar-refractivity contribution >= 4 is 12.9 Å². The highest BCUT2D eigenvalue weighted by atomic mass is 15.3. The first-order valence-electron chi connectivity index (χ1n) is 7.71. The Morgan fingerprint density at radius 3 is 1.95 bits per heavy atom. The van der Waals surface area contributed by atoms with Crippen molar-refractivity contribution in [3.63, 3.8) is 0 Å². The molecule has 0 aliphatic carbocycles. The molecule has 0 heterocycles. The average molecular weight is 303 g/mol. The summed E-state index contributed by atoms with van der Waals surface area (Å²) < 4.78 is 0. The summed E-state index contributed by atoms with van der Waals surface area (Å²) in [6, 6.07) is 0. The molecule has 1 N–H and O–H groups in total. The van der Waals surface area contributed by atoms with Crippen LogP contribution < -0.4 is 5.43 Å². The zero-order valence-electron chi connectivity index (χ0n) is 15.4. The number of nitrogens with zero attached hydrogens (tertiary/aromatic N) is 2. The molecule has 0 aromatic carbocycles. The van der Waals surface area contributed by atoms with Crippen molar-refractivity contribution in [3.8, 4) is 0 Å². The molecule has 124 valence electrons. The third-order valence-electron chi connectivity index (χ3n) is 1.97. The minimum atomic E-state index is 0.913. The number of hydrazone groups is 1. The standard InChI is InChI=1S/C15H21N3.2C2H6/c1-6-14(10-11-16-5)12-17-18-15(7-2)9-8-13(3)4;2*1-2/h6-12,18H,3,5H2,1-2,4H3;2*1-2H3/b9-8-,11-10-,14-6+,15-7+,17-12+;;. The smallest absolute Gasteiger partial charge is 0.0541 e. The number of hydrogen-bond acceptors (Lipinski definition) is 3. The first kappa shape index (κ1) is 24.8. The highest BCUT2D eigenvalue weighted by Gasteiger charge is 1.87. The summed E-state index contributed by atoms with van der Waals surface area (Å²) in [5.74, 6) is 0. The van der Waals surface area contributed by atoms with Crippen molar-refractivity contribution < 1.29 is 0 Å². The Bertz CT molecular complexity index is 422. The maximum Gasteiger partial charge on any atom is 0.0541 e. The van der Waals surface area contributed by atoms with Crippen LogP contribution in [0.15, 0.2) is 70.1 Å². The summed E-state index contributed by atoms with van der Waals surface area (Å²) in [5.41, 5.74) is 5.81. The van der Waals surface area contributed by atoms with Gasteiger partial charge in [-0.3, -0.25) is 10.4 Å². The predicted octanol–water partition coefficient (Wildman–Crippen LogP) is 5.81. The monoisotopic (exact) mass is 303 g/mol. The fourth-order valence-corrected chi connectivity index (χ4v) is 0.964. The lowest BCUT2D eigenvalue weighted by molar-refractivity contribution is 0.920. The first-order valence-corrected chi connectivity index (χ1v) is 7.71. The molecule has 0 saturated heterocycles. The van der Waals surface area contributed by atoms with E-state index in [0.717, 1.165) is 16.8 Å². The second-order valence-corrected chi connectivity index (χ2v) is 3.58. The van der Waals surface area contributed by atoms with Crippen molar-refractivity contribution in [1.29, 1.82) is 0 Å². The average Bonchev–Trinajstić information content (AvgIpc) is 2.57. The number of aliphatic imine (C=N–C) groups is 1.